The molecule has 2 rings (SSSR count). The number of carbonyl (C=O) groups is 1. The highest BCUT2D eigenvalue weighted by Crippen LogP contribution is 2.17. The fourth-order valence-corrected chi connectivity index (χ4v) is 2.11. The minimum atomic E-state index is 0.0593. The third-order valence-corrected chi connectivity index (χ3v) is 3.53. The van der Waals surface area contributed by atoms with Gasteiger partial charge in [-0.15, -0.1) is 0 Å². The zero-order chi connectivity index (χ0) is 15.4. The Balaban J connectivity index is 2.03. The van der Waals surface area contributed by atoms with Crippen molar-refractivity contribution in [1.29, 1.82) is 0 Å². The van der Waals surface area contributed by atoms with Crippen molar-refractivity contribution in [3.63, 3.8) is 0 Å². The first-order chi connectivity index (χ1) is 9.97. The van der Waals surface area contributed by atoms with Gasteiger partial charge in [-0.25, -0.2) is 0 Å². The lowest BCUT2D eigenvalue weighted by Gasteiger charge is -2.15. The first kappa shape index (κ1) is 15.1. The highest BCUT2D eigenvalue weighted by molar-refractivity contribution is 5.72. The van der Waals surface area contributed by atoms with Gasteiger partial charge in [0.1, 0.15) is 5.76 Å². The second kappa shape index (κ2) is 6.43. The van der Waals surface area contributed by atoms with Gasteiger partial charge in [0.15, 0.2) is 0 Å². The van der Waals surface area contributed by atoms with E-state index in [2.05, 4.69) is 16.5 Å². The molecule has 0 atom stereocenters. The van der Waals surface area contributed by atoms with Gasteiger partial charge in [-0.05, 0) is 31.5 Å². The van der Waals surface area contributed by atoms with E-state index in [0.717, 1.165) is 28.3 Å². The van der Waals surface area contributed by atoms with E-state index in [0.29, 0.717) is 13.1 Å². The summed E-state index contributed by atoms with van der Waals surface area (Å²) in [6.07, 6.45) is 0. The molecule has 0 radical (unpaired) electrons. The molecule has 1 aromatic heterocycles. The summed E-state index contributed by atoms with van der Waals surface area (Å²) < 4.78 is 5.15. The van der Waals surface area contributed by atoms with Crippen LogP contribution in [0.3, 0.4) is 0 Å². The number of hydrogen-bond acceptors (Lipinski definition) is 4. The minimum absolute atomic E-state index is 0.0593. The van der Waals surface area contributed by atoms with Gasteiger partial charge in [0.05, 0.1) is 5.69 Å². The van der Waals surface area contributed by atoms with Crippen LogP contribution in [-0.4, -0.2) is 23.0 Å². The molecule has 0 spiro atoms. The Morgan fingerprint density at radius 3 is 2.76 bits per heavy atom. The number of anilines is 1. The van der Waals surface area contributed by atoms with Gasteiger partial charge in [-0.1, -0.05) is 17.3 Å². The molecule has 1 heterocycles. The maximum atomic E-state index is 11.3. The SMILES string of the molecule is CC(=O)N(C)Cc1cccc(NCc2c(C)noc2C)c1. The highest BCUT2D eigenvalue weighted by atomic mass is 16.5. The predicted molar refractivity (Wildman–Crippen MR) is 81.9 cm³/mol. The van der Waals surface area contributed by atoms with Crippen molar-refractivity contribution in [3.8, 4) is 0 Å². The van der Waals surface area contributed by atoms with E-state index in [9.17, 15) is 4.79 Å². The quantitative estimate of drug-likeness (QED) is 0.918. The Labute approximate surface area is 124 Å². The maximum absolute atomic E-state index is 11.3. The molecule has 5 heteroatoms. The van der Waals surface area contributed by atoms with Crippen LogP contribution >= 0.6 is 0 Å². The average Bonchev–Trinajstić information content (AvgIpc) is 2.76. The topological polar surface area (TPSA) is 58.4 Å². The molecule has 1 amide bonds. The molecule has 21 heavy (non-hydrogen) atoms. The van der Waals surface area contributed by atoms with Crippen LogP contribution in [0.5, 0.6) is 0 Å². The molecule has 2 aromatic rings. The number of rotatable bonds is 5. The molecule has 0 saturated carbocycles. The molecule has 112 valence electrons. The second-order valence-electron chi connectivity index (χ2n) is 5.23. The molecule has 0 aliphatic heterocycles. The predicted octanol–water partition coefficient (Wildman–Crippen LogP) is 2.88. The van der Waals surface area contributed by atoms with E-state index in [-0.39, 0.29) is 5.91 Å². The van der Waals surface area contributed by atoms with Crippen LogP contribution < -0.4 is 5.32 Å². The Morgan fingerprint density at radius 1 is 1.38 bits per heavy atom. The van der Waals surface area contributed by atoms with Gasteiger partial charge in [-0.3, -0.25) is 4.79 Å². The Morgan fingerprint density at radius 2 is 2.14 bits per heavy atom. The molecule has 0 unspecified atom stereocenters. The molecule has 0 fully saturated rings. The van der Waals surface area contributed by atoms with Crippen molar-refractivity contribution in [2.75, 3.05) is 12.4 Å². The molecule has 0 bridgehead atoms. The lowest BCUT2D eigenvalue weighted by molar-refractivity contribution is -0.128. The first-order valence-electron chi connectivity index (χ1n) is 6.93. The molecule has 1 aromatic carbocycles. The average molecular weight is 287 g/mol. The van der Waals surface area contributed by atoms with E-state index in [1.165, 1.54) is 0 Å². The van der Waals surface area contributed by atoms with Crippen molar-refractivity contribution in [1.82, 2.24) is 10.1 Å². The van der Waals surface area contributed by atoms with Gasteiger partial charge in [0, 0.05) is 38.3 Å². The summed E-state index contributed by atoms with van der Waals surface area (Å²) in [6, 6.07) is 8.06. The van der Waals surface area contributed by atoms with Crippen LogP contribution in [0, 0.1) is 13.8 Å². The molecular formula is C16H21N3O2. The number of benzene rings is 1. The van der Waals surface area contributed by atoms with Crippen LogP contribution in [0.2, 0.25) is 0 Å². The van der Waals surface area contributed by atoms with Crippen molar-refractivity contribution >= 4 is 11.6 Å². The third kappa shape index (κ3) is 3.84. The van der Waals surface area contributed by atoms with Crippen molar-refractivity contribution in [2.45, 2.75) is 33.9 Å². The highest BCUT2D eigenvalue weighted by Gasteiger charge is 2.09. The number of nitrogens with zero attached hydrogens (tertiary/aromatic N) is 2. The van der Waals surface area contributed by atoms with Crippen LogP contribution in [0.4, 0.5) is 5.69 Å². The number of aryl methyl sites for hydroxylation is 2. The van der Waals surface area contributed by atoms with Gasteiger partial charge in [0.25, 0.3) is 0 Å². The van der Waals surface area contributed by atoms with E-state index < -0.39 is 0 Å². The third-order valence-electron chi connectivity index (χ3n) is 3.53. The Kier molecular flexibility index (Phi) is 4.62. The Hall–Kier alpha value is -2.30. The van der Waals surface area contributed by atoms with Crippen molar-refractivity contribution < 1.29 is 9.32 Å². The number of carbonyl (C=O) groups excluding carboxylic acids is 1. The monoisotopic (exact) mass is 287 g/mol. The molecular weight excluding hydrogens is 266 g/mol. The van der Waals surface area contributed by atoms with E-state index >= 15 is 0 Å². The van der Waals surface area contributed by atoms with Gasteiger partial charge >= 0.3 is 0 Å². The largest absolute Gasteiger partial charge is 0.381 e. The maximum Gasteiger partial charge on any atom is 0.219 e. The van der Waals surface area contributed by atoms with Gasteiger partial charge < -0.3 is 14.7 Å². The number of amides is 1. The summed E-state index contributed by atoms with van der Waals surface area (Å²) in [7, 11) is 1.80. The summed E-state index contributed by atoms with van der Waals surface area (Å²) in [5, 5.41) is 7.31. The van der Waals surface area contributed by atoms with Crippen molar-refractivity contribution in [2.24, 2.45) is 0 Å². The number of hydrogen-bond donors (Lipinski definition) is 1. The van der Waals surface area contributed by atoms with Crippen LogP contribution in [0.1, 0.15) is 29.5 Å². The summed E-state index contributed by atoms with van der Waals surface area (Å²) in [5.41, 5.74) is 4.11. The molecule has 0 aliphatic carbocycles. The minimum Gasteiger partial charge on any atom is -0.381 e. The summed E-state index contributed by atoms with van der Waals surface area (Å²) in [5.74, 6) is 0.900. The normalized spacial score (nSPS) is 10.5. The lowest BCUT2D eigenvalue weighted by Crippen LogP contribution is -2.23. The second-order valence-corrected chi connectivity index (χ2v) is 5.23. The number of aromatic nitrogens is 1. The van der Waals surface area contributed by atoms with E-state index in [1.807, 2.05) is 32.0 Å². The van der Waals surface area contributed by atoms with Crippen LogP contribution in [0.25, 0.3) is 0 Å². The fourth-order valence-electron chi connectivity index (χ4n) is 2.11. The Bertz CT molecular complexity index is 615. The standard InChI is InChI=1S/C16H21N3O2/c1-11-16(12(2)21-18-11)9-17-15-7-5-6-14(8-15)10-19(4)13(3)20/h5-8,17H,9-10H2,1-4H3. The van der Waals surface area contributed by atoms with E-state index in [4.69, 9.17) is 4.52 Å². The summed E-state index contributed by atoms with van der Waals surface area (Å²) in [4.78, 5) is 13.0. The van der Waals surface area contributed by atoms with Crippen LogP contribution in [0.15, 0.2) is 28.8 Å². The summed E-state index contributed by atoms with van der Waals surface area (Å²) >= 11 is 0. The zero-order valence-electron chi connectivity index (χ0n) is 12.9. The van der Waals surface area contributed by atoms with Crippen molar-refractivity contribution in [3.05, 3.63) is 46.8 Å². The lowest BCUT2D eigenvalue weighted by atomic mass is 10.1. The zero-order valence-corrected chi connectivity index (χ0v) is 12.9. The molecule has 5 nitrogen and oxygen atoms in total. The summed E-state index contributed by atoms with van der Waals surface area (Å²) in [6.45, 7) is 6.70. The van der Waals surface area contributed by atoms with Gasteiger partial charge in [-0.2, -0.15) is 0 Å². The molecule has 1 N–H and O–H groups in total. The molecule has 0 saturated heterocycles. The number of nitrogens with one attached hydrogen (secondary N) is 1. The fraction of sp³-hybridized carbons (Fsp3) is 0.375. The smallest absolute Gasteiger partial charge is 0.219 e. The molecule has 0 aliphatic rings. The van der Waals surface area contributed by atoms with E-state index in [1.54, 1.807) is 18.9 Å². The van der Waals surface area contributed by atoms with Gasteiger partial charge in [0.2, 0.25) is 5.91 Å². The van der Waals surface area contributed by atoms with Crippen LogP contribution in [-0.2, 0) is 17.9 Å². The first-order valence-corrected chi connectivity index (χ1v) is 6.93.